The van der Waals surface area contributed by atoms with Gasteiger partial charge in [0.05, 0.1) is 5.69 Å². The second kappa shape index (κ2) is 6.52. The van der Waals surface area contributed by atoms with E-state index in [4.69, 9.17) is 10.5 Å². The van der Waals surface area contributed by atoms with Gasteiger partial charge >= 0.3 is 0 Å². The summed E-state index contributed by atoms with van der Waals surface area (Å²) in [5.41, 5.74) is 7.02. The third-order valence-electron chi connectivity index (χ3n) is 3.34. The van der Waals surface area contributed by atoms with Gasteiger partial charge in [-0.2, -0.15) is 5.10 Å². The van der Waals surface area contributed by atoms with E-state index >= 15 is 0 Å². The molecule has 0 saturated heterocycles. The third-order valence-corrected chi connectivity index (χ3v) is 3.34. The highest BCUT2D eigenvalue weighted by Crippen LogP contribution is 2.23. The number of rotatable bonds is 6. The van der Waals surface area contributed by atoms with Gasteiger partial charge in [-0.25, -0.2) is 4.39 Å². The van der Waals surface area contributed by atoms with Crippen LogP contribution in [0.2, 0.25) is 0 Å². The number of hydrogen-bond donors (Lipinski definition) is 1. The summed E-state index contributed by atoms with van der Waals surface area (Å²) in [5.74, 6) is -0.178. The van der Waals surface area contributed by atoms with E-state index < -0.39 is 5.82 Å². The van der Waals surface area contributed by atoms with Gasteiger partial charge in [-0.1, -0.05) is 19.1 Å². The Balaban J connectivity index is 2.07. The Kier molecular flexibility index (Phi) is 4.74. The maximum atomic E-state index is 13.7. The minimum absolute atomic E-state index is 0.216. The van der Waals surface area contributed by atoms with Gasteiger partial charge in [-0.05, 0) is 25.5 Å². The molecule has 0 aliphatic carbocycles. The maximum Gasteiger partial charge on any atom is 0.165 e. The number of benzene rings is 1. The topological polar surface area (TPSA) is 53.1 Å². The molecule has 0 radical (unpaired) electrons. The Labute approximate surface area is 118 Å². The van der Waals surface area contributed by atoms with Crippen molar-refractivity contribution in [3.8, 4) is 5.75 Å². The van der Waals surface area contributed by atoms with E-state index in [1.807, 2.05) is 16.9 Å². The minimum atomic E-state index is -0.394. The molecule has 1 heterocycles. The van der Waals surface area contributed by atoms with Crippen molar-refractivity contribution in [2.24, 2.45) is 5.73 Å². The van der Waals surface area contributed by atoms with Crippen molar-refractivity contribution in [1.82, 2.24) is 9.78 Å². The Morgan fingerprint density at radius 1 is 1.40 bits per heavy atom. The lowest BCUT2D eigenvalue weighted by atomic mass is 10.2. The molecule has 0 aliphatic heterocycles. The lowest BCUT2D eigenvalue weighted by Crippen LogP contribution is -2.07. The van der Waals surface area contributed by atoms with Gasteiger partial charge in [0.15, 0.2) is 11.6 Å². The van der Waals surface area contributed by atoms with Crippen molar-refractivity contribution < 1.29 is 9.13 Å². The lowest BCUT2D eigenvalue weighted by Gasteiger charge is -2.11. The first-order valence-electron chi connectivity index (χ1n) is 6.80. The third kappa shape index (κ3) is 3.17. The van der Waals surface area contributed by atoms with Crippen molar-refractivity contribution in [3.05, 3.63) is 47.5 Å². The molecule has 0 aliphatic rings. The first kappa shape index (κ1) is 14.5. The average Bonchev–Trinajstić information content (AvgIpc) is 2.93. The standard InChI is InChI=1S/C15H20FN3O/c1-3-11(2)19-8-7-13(18-19)10-20-15-12(9-17)5-4-6-14(15)16/h4-8,11H,3,9-10,17H2,1-2H3. The van der Waals surface area contributed by atoms with E-state index in [0.29, 0.717) is 11.6 Å². The van der Waals surface area contributed by atoms with Crippen molar-refractivity contribution in [2.45, 2.75) is 39.5 Å². The highest BCUT2D eigenvalue weighted by Gasteiger charge is 2.10. The summed E-state index contributed by atoms with van der Waals surface area (Å²) in [6, 6.07) is 6.98. The quantitative estimate of drug-likeness (QED) is 0.883. The van der Waals surface area contributed by atoms with Gasteiger partial charge in [0, 0.05) is 24.3 Å². The number of halogens is 1. The molecule has 1 atom stereocenters. The molecule has 4 nitrogen and oxygen atoms in total. The predicted octanol–water partition coefficient (Wildman–Crippen LogP) is 3.03. The monoisotopic (exact) mass is 277 g/mol. The zero-order valence-corrected chi connectivity index (χ0v) is 11.8. The molecule has 5 heteroatoms. The van der Waals surface area contributed by atoms with Crippen LogP contribution in [0.1, 0.15) is 37.6 Å². The summed E-state index contributed by atoms with van der Waals surface area (Å²) in [4.78, 5) is 0. The molecule has 108 valence electrons. The molecule has 0 fully saturated rings. The van der Waals surface area contributed by atoms with E-state index in [0.717, 1.165) is 12.1 Å². The van der Waals surface area contributed by atoms with Gasteiger partial charge in [0.2, 0.25) is 0 Å². The van der Waals surface area contributed by atoms with Gasteiger partial charge in [0.25, 0.3) is 0 Å². The van der Waals surface area contributed by atoms with Crippen LogP contribution in [0.4, 0.5) is 4.39 Å². The van der Waals surface area contributed by atoms with E-state index in [2.05, 4.69) is 18.9 Å². The van der Waals surface area contributed by atoms with Crippen LogP contribution in [0, 0.1) is 5.82 Å². The maximum absolute atomic E-state index is 13.7. The Bertz CT molecular complexity index is 568. The second-order valence-corrected chi connectivity index (χ2v) is 4.77. The molecule has 0 saturated carbocycles. The van der Waals surface area contributed by atoms with Crippen LogP contribution >= 0.6 is 0 Å². The zero-order valence-electron chi connectivity index (χ0n) is 11.8. The normalized spacial score (nSPS) is 12.4. The predicted molar refractivity (Wildman–Crippen MR) is 75.9 cm³/mol. The van der Waals surface area contributed by atoms with Gasteiger partial charge in [-0.3, -0.25) is 4.68 Å². The minimum Gasteiger partial charge on any atom is -0.484 e. The smallest absolute Gasteiger partial charge is 0.165 e. The van der Waals surface area contributed by atoms with Crippen LogP contribution in [-0.2, 0) is 13.2 Å². The Morgan fingerprint density at radius 3 is 2.90 bits per heavy atom. The number of nitrogens with zero attached hydrogens (tertiary/aromatic N) is 2. The first-order valence-corrected chi connectivity index (χ1v) is 6.80. The number of hydrogen-bond acceptors (Lipinski definition) is 3. The highest BCUT2D eigenvalue weighted by molar-refractivity contribution is 5.34. The second-order valence-electron chi connectivity index (χ2n) is 4.77. The van der Waals surface area contributed by atoms with Crippen molar-refractivity contribution in [3.63, 3.8) is 0 Å². The molecule has 0 amide bonds. The lowest BCUT2D eigenvalue weighted by molar-refractivity contribution is 0.280. The van der Waals surface area contributed by atoms with Gasteiger partial charge in [0.1, 0.15) is 6.61 Å². The van der Waals surface area contributed by atoms with E-state index in [1.54, 1.807) is 12.1 Å². The summed E-state index contributed by atoms with van der Waals surface area (Å²) >= 11 is 0. The summed E-state index contributed by atoms with van der Waals surface area (Å²) in [6.45, 7) is 4.68. The number of nitrogens with two attached hydrogens (primary N) is 1. The van der Waals surface area contributed by atoms with E-state index in [1.165, 1.54) is 6.07 Å². The molecule has 2 aromatic rings. The molecule has 1 aromatic carbocycles. The SMILES string of the molecule is CCC(C)n1ccc(COc2c(F)cccc2CN)n1. The van der Waals surface area contributed by atoms with Crippen molar-refractivity contribution in [2.75, 3.05) is 0 Å². The first-order chi connectivity index (χ1) is 9.65. The van der Waals surface area contributed by atoms with Crippen molar-refractivity contribution in [1.29, 1.82) is 0 Å². The molecule has 20 heavy (non-hydrogen) atoms. The fourth-order valence-electron chi connectivity index (χ4n) is 1.91. The van der Waals surface area contributed by atoms with Crippen LogP contribution in [0.5, 0.6) is 5.75 Å². The molecule has 0 spiro atoms. The van der Waals surface area contributed by atoms with Crippen LogP contribution in [0.15, 0.2) is 30.5 Å². The van der Waals surface area contributed by atoms with Crippen LogP contribution < -0.4 is 10.5 Å². The fourth-order valence-corrected chi connectivity index (χ4v) is 1.91. The average molecular weight is 277 g/mol. The van der Waals surface area contributed by atoms with Gasteiger partial charge in [-0.15, -0.1) is 0 Å². The number of aromatic nitrogens is 2. The van der Waals surface area contributed by atoms with Crippen molar-refractivity contribution >= 4 is 0 Å². The largest absolute Gasteiger partial charge is 0.484 e. The van der Waals surface area contributed by atoms with Crippen LogP contribution in [0.3, 0.4) is 0 Å². The zero-order chi connectivity index (χ0) is 14.5. The highest BCUT2D eigenvalue weighted by atomic mass is 19.1. The molecule has 2 N–H and O–H groups in total. The van der Waals surface area contributed by atoms with E-state index in [9.17, 15) is 4.39 Å². The van der Waals surface area contributed by atoms with E-state index in [-0.39, 0.29) is 18.9 Å². The van der Waals surface area contributed by atoms with Crippen LogP contribution in [-0.4, -0.2) is 9.78 Å². The van der Waals surface area contributed by atoms with Gasteiger partial charge < -0.3 is 10.5 Å². The summed E-state index contributed by atoms with van der Waals surface area (Å²) in [7, 11) is 0. The molecule has 2 rings (SSSR count). The Hall–Kier alpha value is -1.88. The molecule has 0 bridgehead atoms. The summed E-state index contributed by atoms with van der Waals surface area (Å²) in [6.07, 6.45) is 2.92. The Morgan fingerprint density at radius 2 is 2.20 bits per heavy atom. The molecule has 1 aromatic heterocycles. The number of para-hydroxylation sites is 1. The summed E-state index contributed by atoms with van der Waals surface area (Å²) < 4.78 is 21.2. The summed E-state index contributed by atoms with van der Waals surface area (Å²) in [5, 5.41) is 4.42. The molecule has 1 unspecified atom stereocenters. The number of ether oxygens (including phenoxy) is 1. The molecular weight excluding hydrogens is 257 g/mol. The fraction of sp³-hybridized carbons (Fsp3) is 0.400. The molecular formula is C15H20FN3O. The van der Waals surface area contributed by atoms with Crippen LogP contribution in [0.25, 0.3) is 0 Å².